The highest BCUT2D eigenvalue weighted by Crippen LogP contribution is 2.43. The fourth-order valence-corrected chi connectivity index (χ4v) is 4.19. The molecule has 4 rings (SSSR count). The molecular weight excluding hydrogens is 302 g/mol. The van der Waals surface area contributed by atoms with Crippen LogP contribution < -0.4 is 0 Å². The lowest BCUT2D eigenvalue weighted by molar-refractivity contribution is 0.0733. The summed E-state index contributed by atoms with van der Waals surface area (Å²) in [5, 5.41) is 8.90. The van der Waals surface area contributed by atoms with Gasteiger partial charge in [0.2, 0.25) is 0 Å². The van der Waals surface area contributed by atoms with Crippen LogP contribution in [0.4, 0.5) is 0 Å². The fraction of sp³-hybridized carbons (Fsp3) is 0.611. The zero-order valence-corrected chi connectivity index (χ0v) is 14.9. The van der Waals surface area contributed by atoms with Gasteiger partial charge in [0.05, 0.1) is 29.2 Å². The second-order valence-electron chi connectivity index (χ2n) is 7.21. The molecule has 1 saturated heterocycles. The van der Waals surface area contributed by atoms with Gasteiger partial charge in [-0.15, -0.1) is 0 Å². The molecule has 1 unspecified atom stereocenters. The number of aryl methyl sites for hydroxylation is 3. The van der Waals surface area contributed by atoms with Crippen molar-refractivity contribution in [3.05, 3.63) is 34.4 Å². The minimum Gasteiger partial charge on any atom is -0.331 e. The first-order chi connectivity index (χ1) is 11.5. The largest absolute Gasteiger partial charge is 0.331 e. The summed E-state index contributed by atoms with van der Waals surface area (Å²) in [6, 6.07) is 0.137. The molecule has 1 saturated carbocycles. The zero-order valence-electron chi connectivity index (χ0n) is 14.9. The topological polar surface area (TPSA) is 56.0 Å². The number of amides is 1. The van der Waals surface area contributed by atoms with Crippen molar-refractivity contribution in [3.8, 4) is 0 Å². The predicted octanol–water partition coefficient (Wildman–Crippen LogP) is 2.63. The number of nitrogens with zero attached hydrogens (tertiary/aromatic N) is 5. The number of hydrogen-bond donors (Lipinski definition) is 0. The van der Waals surface area contributed by atoms with E-state index in [9.17, 15) is 4.79 Å². The summed E-state index contributed by atoms with van der Waals surface area (Å²) in [5.41, 5.74) is 5.33. The summed E-state index contributed by atoms with van der Waals surface area (Å²) in [7, 11) is 3.92. The molecule has 1 amide bonds. The van der Waals surface area contributed by atoms with Crippen LogP contribution in [-0.4, -0.2) is 36.9 Å². The quantitative estimate of drug-likeness (QED) is 0.871. The van der Waals surface area contributed by atoms with E-state index >= 15 is 0 Å². The van der Waals surface area contributed by atoms with Crippen LogP contribution in [0.3, 0.4) is 0 Å². The van der Waals surface area contributed by atoms with Gasteiger partial charge in [-0.25, -0.2) is 0 Å². The zero-order chi connectivity index (χ0) is 17.0. The van der Waals surface area contributed by atoms with Crippen molar-refractivity contribution in [2.45, 2.75) is 51.5 Å². The molecule has 2 aliphatic rings. The molecule has 6 heteroatoms. The number of carbonyl (C=O) groups is 1. The van der Waals surface area contributed by atoms with E-state index in [2.05, 4.69) is 17.1 Å². The maximum absolute atomic E-state index is 13.3. The van der Waals surface area contributed by atoms with Crippen molar-refractivity contribution in [1.82, 2.24) is 24.5 Å². The minimum absolute atomic E-state index is 0.134. The van der Waals surface area contributed by atoms with Gasteiger partial charge in [0.1, 0.15) is 0 Å². The van der Waals surface area contributed by atoms with Crippen LogP contribution in [0.1, 0.15) is 70.6 Å². The average Bonchev–Trinajstić information content (AvgIpc) is 3.04. The summed E-state index contributed by atoms with van der Waals surface area (Å²) in [6.07, 6.45) is 6.16. The Morgan fingerprint density at radius 2 is 1.92 bits per heavy atom. The lowest BCUT2D eigenvalue weighted by Crippen LogP contribution is -2.31. The van der Waals surface area contributed by atoms with E-state index in [1.54, 1.807) is 6.20 Å². The molecule has 0 aromatic carbocycles. The molecule has 2 fully saturated rings. The van der Waals surface area contributed by atoms with Crippen LogP contribution in [0.25, 0.3) is 0 Å². The highest BCUT2D eigenvalue weighted by atomic mass is 16.2. The Bertz CT molecular complexity index is 799. The highest BCUT2D eigenvalue weighted by molar-refractivity contribution is 5.96. The molecule has 6 nitrogen and oxygen atoms in total. The van der Waals surface area contributed by atoms with E-state index in [0.29, 0.717) is 5.92 Å². The Labute approximate surface area is 142 Å². The van der Waals surface area contributed by atoms with E-state index < -0.39 is 0 Å². The lowest BCUT2D eigenvalue weighted by Gasteiger charge is -2.25. The van der Waals surface area contributed by atoms with Gasteiger partial charge in [0.15, 0.2) is 0 Å². The molecule has 1 atom stereocenters. The molecule has 1 aliphatic heterocycles. The second kappa shape index (κ2) is 5.46. The standard InChI is InChI=1S/C18H25N5O/c1-11-16(12(2)21(3)20-11)15-6-5-9-23(15)18(24)14-10-19-22(4)17(14)13-7-8-13/h10,13,15H,5-9H2,1-4H3. The molecule has 3 heterocycles. The SMILES string of the molecule is Cc1nn(C)c(C)c1C1CCCN1C(=O)c1cnn(C)c1C1CC1. The summed E-state index contributed by atoms with van der Waals surface area (Å²) in [4.78, 5) is 15.3. The third-order valence-corrected chi connectivity index (χ3v) is 5.59. The van der Waals surface area contributed by atoms with Gasteiger partial charge in [0, 0.05) is 37.8 Å². The molecule has 2 aromatic heterocycles. The number of aromatic nitrogens is 4. The lowest BCUT2D eigenvalue weighted by atomic mass is 10.0. The average molecular weight is 327 g/mol. The fourth-order valence-electron chi connectivity index (χ4n) is 4.19. The van der Waals surface area contributed by atoms with E-state index in [0.717, 1.165) is 42.0 Å². The summed E-state index contributed by atoms with van der Waals surface area (Å²) in [5.74, 6) is 0.648. The maximum atomic E-state index is 13.3. The smallest absolute Gasteiger partial charge is 0.257 e. The second-order valence-corrected chi connectivity index (χ2v) is 7.21. The van der Waals surface area contributed by atoms with Gasteiger partial charge in [-0.2, -0.15) is 10.2 Å². The molecule has 128 valence electrons. The molecule has 2 aromatic rings. The maximum Gasteiger partial charge on any atom is 0.257 e. The van der Waals surface area contributed by atoms with Gasteiger partial charge in [-0.05, 0) is 39.5 Å². The van der Waals surface area contributed by atoms with Crippen molar-refractivity contribution >= 4 is 5.91 Å². The number of carbonyl (C=O) groups excluding carboxylic acids is 1. The van der Waals surface area contributed by atoms with Crippen molar-refractivity contribution in [2.24, 2.45) is 14.1 Å². The Morgan fingerprint density at radius 1 is 1.17 bits per heavy atom. The van der Waals surface area contributed by atoms with Crippen LogP contribution in [0, 0.1) is 13.8 Å². The van der Waals surface area contributed by atoms with Gasteiger partial charge in [-0.1, -0.05) is 0 Å². The summed E-state index contributed by atoms with van der Waals surface area (Å²) in [6.45, 7) is 4.95. The van der Waals surface area contributed by atoms with E-state index in [4.69, 9.17) is 0 Å². The number of hydrogen-bond acceptors (Lipinski definition) is 3. The monoisotopic (exact) mass is 327 g/mol. The van der Waals surface area contributed by atoms with Crippen molar-refractivity contribution in [1.29, 1.82) is 0 Å². The Balaban J connectivity index is 1.69. The summed E-state index contributed by atoms with van der Waals surface area (Å²) >= 11 is 0. The van der Waals surface area contributed by atoms with Crippen LogP contribution >= 0.6 is 0 Å². The van der Waals surface area contributed by atoms with Gasteiger partial charge in [-0.3, -0.25) is 14.2 Å². The molecule has 1 aliphatic carbocycles. The first kappa shape index (κ1) is 15.4. The van der Waals surface area contributed by atoms with Crippen LogP contribution in [-0.2, 0) is 14.1 Å². The first-order valence-electron chi connectivity index (χ1n) is 8.82. The first-order valence-corrected chi connectivity index (χ1v) is 8.82. The molecule has 0 spiro atoms. The Morgan fingerprint density at radius 3 is 2.54 bits per heavy atom. The van der Waals surface area contributed by atoms with Crippen LogP contribution in [0.5, 0.6) is 0 Å². The summed E-state index contributed by atoms with van der Waals surface area (Å²) < 4.78 is 3.81. The van der Waals surface area contributed by atoms with E-state index in [1.165, 1.54) is 18.4 Å². The number of likely N-dealkylation sites (tertiary alicyclic amines) is 1. The highest BCUT2D eigenvalue weighted by Gasteiger charge is 2.38. The van der Waals surface area contributed by atoms with Crippen molar-refractivity contribution < 1.29 is 4.79 Å². The van der Waals surface area contributed by atoms with Crippen molar-refractivity contribution in [2.75, 3.05) is 6.54 Å². The van der Waals surface area contributed by atoms with Crippen LogP contribution in [0.2, 0.25) is 0 Å². The molecular formula is C18H25N5O. The van der Waals surface area contributed by atoms with E-state index in [-0.39, 0.29) is 11.9 Å². The van der Waals surface area contributed by atoms with Gasteiger partial charge >= 0.3 is 0 Å². The third-order valence-electron chi connectivity index (χ3n) is 5.59. The predicted molar refractivity (Wildman–Crippen MR) is 90.9 cm³/mol. The molecule has 0 N–H and O–H groups in total. The van der Waals surface area contributed by atoms with Gasteiger partial charge in [0.25, 0.3) is 5.91 Å². The minimum atomic E-state index is 0.134. The van der Waals surface area contributed by atoms with Gasteiger partial charge < -0.3 is 4.90 Å². The third kappa shape index (κ3) is 2.27. The number of rotatable bonds is 3. The molecule has 0 radical (unpaired) electrons. The van der Waals surface area contributed by atoms with Crippen LogP contribution in [0.15, 0.2) is 6.20 Å². The van der Waals surface area contributed by atoms with E-state index in [1.807, 2.05) is 35.3 Å². The van der Waals surface area contributed by atoms with Crippen molar-refractivity contribution in [3.63, 3.8) is 0 Å². The molecule has 0 bridgehead atoms. The Hall–Kier alpha value is -2.11. The Kier molecular flexibility index (Phi) is 3.51. The molecule has 24 heavy (non-hydrogen) atoms. The normalized spacial score (nSPS) is 20.8.